The highest BCUT2D eigenvalue weighted by Gasteiger charge is 2.53. The zero-order chi connectivity index (χ0) is 44.0. The van der Waals surface area contributed by atoms with Gasteiger partial charge in [-0.3, -0.25) is 0 Å². The maximum absolute atomic E-state index is 2.55. The molecule has 2 aliphatic carbocycles. The summed E-state index contributed by atoms with van der Waals surface area (Å²) in [6.45, 7) is 4.79. The third kappa shape index (κ3) is 5.52. The molecular weight excluding hydrogens is 815 g/mol. The molecule has 0 unspecified atom stereocenters. The fourth-order valence-electron chi connectivity index (χ4n) is 11.7. The molecule has 1 nitrogen and oxygen atoms in total. The monoisotopic (exact) mass is 859 g/mol. The lowest BCUT2D eigenvalue weighted by Crippen LogP contribution is -2.40. The molecule has 11 aromatic rings. The van der Waals surface area contributed by atoms with Crippen LogP contribution in [0.1, 0.15) is 47.2 Å². The van der Waals surface area contributed by atoms with E-state index in [9.17, 15) is 0 Å². The van der Waals surface area contributed by atoms with Gasteiger partial charge in [-0.25, -0.2) is 0 Å². The molecule has 0 fully saturated rings. The van der Waals surface area contributed by atoms with E-state index in [0.29, 0.717) is 0 Å². The molecule has 1 aromatic heterocycles. The Morgan fingerprint density at radius 3 is 1.53 bits per heavy atom. The van der Waals surface area contributed by atoms with Gasteiger partial charge in [0.05, 0.1) is 21.5 Å². The van der Waals surface area contributed by atoms with Crippen LogP contribution in [0.4, 0.5) is 17.1 Å². The quantitative estimate of drug-likeness (QED) is 0.161. The first-order valence-corrected chi connectivity index (χ1v) is 23.8. The highest BCUT2D eigenvalue weighted by atomic mass is 32.1. The Morgan fingerprint density at radius 2 is 0.818 bits per heavy atom. The van der Waals surface area contributed by atoms with Crippen LogP contribution in [-0.4, -0.2) is 0 Å². The van der Waals surface area contributed by atoms with Crippen LogP contribution in [0.5, 0.6) is 0 Å². The molecule has 0 aliphatic heterocycles. The minimum Gasteiger partial charge on any atom is -0.308 e. The Hall–Kier alpha value is -7.78. The largest absolute Gasteiger partial charge is 0.308 e. The van der Waals surface area contributed by atoms with Gasteiger partial charge in [-0.05, 0) is 103 Å². The van der Waals surface area contributed by atoms with Crippen molar-refractivity contribution < 1.29 is 0 Å². The highest BCUT2D eigenvalue weighted by Crippen LogP contribution is 2.63. The molecule has 66 heavy (non-hydrogen) atoms. The average molecular weight is 860 g/mol. The third-order valence-corrected chi connectivity index (χ3v) is 15.8. The van der Waals surface area contributed by atoms with Crippen LogP contribution in [0.15, 0.2) is 237 Å². The lowest BCUT2D eigenvalue weighted by molar-refractivity contribution is 0.563. The van der Waals surface area contributed by atoms with E-state index in [0.717, 1.165) is 11.4 Å². The molecule has 2 heteroatoms. The van der Waals surface area contributed by atoms with Gasteiger partial charge >= 0.3 is 0 Å². The van der Waals surface area contributed by atoms with Crippen LogP contribution in [0, 0.1) is 0 Å². The van der Waals surface area contributed by atoms with Gasteiger partial charge in [0.15, 0.2) is 0 Å². The minimum atomic E-state index is -0.466. The first-order valence-electron chi connectivity index (χ1n) is 23.0. The van der Waals surface area contributed by atoms with Gasteiger partial charge in [-0.1, -0.05) is 220 Å². The Balaban J connectivity index is 1.08. The fraction of sp³-hybridized carbons (Fsp3) is 0.0625. The van der Waals surface area contributed by atoms with E-state index in [1.807, 2.05) is 11.3 Å². The summed E-state index contributed by atoms with van der Waals surface area (Å²) in [7, 11) is 0. The summed E-state index contributed by atoms with van der Waals surface area (Å²) in [4.78, 5) is 2.55. The standard InChI is InChI=1S/C64H45NS/c1-63(2)55-32-14-16-34-57(55)64(58-35-17-15-33-56(58)63)53-31-13-10-27-48(53)52-41-43(39-40-54(52)64)65(60-37-20-30-51-50-29-12-19-38-61(50)66-62(51)60)59-36-18-11-28-49(59)47-26-9-8-25-46(47)45-24-7-6-23-44(45)42-21-4-3-5-22-42/h3-41H,1-2H3. The predicted molar refractivity (Wildman–Crippen MR) is 280 cm³/mol. The summed E-state index contributed by atoms with van der Waals surface area (Å²) in [5.74, 6) is 0. The molecule has 1 spiro atoms. The predicted octanol–water partition coefficient (Wildman–Crippen LogP) is 17.5. The van der Waals surface area contributed by atoms with Gasteiger partial charge in [0.2, 0.25) is 0 Å². The van der Waals surface area contributed by atoms with E-state index >= 15 is 0 Å². The minimum absolute atomic E-state index is 0.155. The average Bonchev–Trinajstić information content (AvgIpc) is 3.91. The molecule has 0 atom stereocenters. The molecule has 0 saturated carbocycles. The van der Waals surface area contributed by atoms with Crippen molar-refractivity contribution in [1.82, 2.24) is 0 Å². The Kier molecular flexibility index (Phi) is 8.72. The molecule has 1 heterocycles. The number of benzene rings is 10. The van der Waals surface area contributed by atoms with E-state index in [4.69, 9.17) is 0 Å². The van der Waals surface area contributed by atoms with Crippen molar-refractivity contribution in [3.8, 4) is 44.5 Å². The molecule has 0 N–H and O–H groups in total. The highest BCUT2D eigenvalue weighted by molar-refractivity contribution is 7.26. The fourth-order valence-corrected chi connectivity index (χ4v) is 13.0. The molecule has 0 amide bonds. The number of nitrogens with zero attached hydrogens (tertiary/aromatic N) is 1. The van der Waals surface area contributed by atoms with Crippen LogP contribution < -0.4 is 4.90 Å². The van der Waals surface area contributed by atoms with Crippen LogP contribution in [0.25, 0.3) is 64.7 Å². The van der Waals surface area contributed by atoms with Gasteiger partial charge in [0, 0.05) is 32.1 Å². The third-order valence-electron chi connectivity index (χ3n) is 14.6. The number of rotatable bonds is 6. The molecule has 10 aromatic carbocycles. The summed E-state index contributed by atoms with van der Waals surface area (Å²) in [5, 5.41) is 2.56. The maximum atomic E-state index is 2.55. The normalized spacial score (nSPS) is 13.8. The Bertz CT molecular complexity index is 3650. The second-order valence-electron chi connectivity index (χ2n) is 18.3. The van der Waals surface area contributed by atoms with E-state index in [1.54, 1.807) is 0 Å². The van der Waals surface area contributed by atoms with E-state index in [-0.39, 0.29) is 5.41 Å². The van der Waals surface area contributed by atoms with Crippen molar-refractivity contribution in [2.45, 2.75) is 24.7 Å². The van der Waals surface area contributed by atoms with Crippen molar-refractivity contribution in [3.05, 3.63) is 270 Å². The smallest absolute Gasteiger partial charge is 0.0719 e. The first-order chi connectivity index (χ1) is 32.5. The van der Waals surface area contributed by atoms with E-state index in [2.05, 4.69) is 255 Å². The molecular formula is C64H45NS. The van der Waals surface area contributed by atoms with Gasteiger partial charge in [-0.15, -0.1) is 11.3 Å². The second kappa shape index (κ2) is 14.9. The molecule has 13 rings (SSSR count). The first kappa shape index (κ1) is 38.7. The van der Waals surface area contributed by atoms with Crippen molar-refractivity contribution >= 4 is 48.6 Å². The zero-order valence-electron chi connectivity index (χ0n) is 36.9. The van der Waals surface area contributed by atoms with Gasteiger partial charge in [0.1, 0.15) is 0 Å². The van der Waals surface area contributed by atoms with Crippen LogP contribution in [0.2, 0.25) is 0 Å². The Labute approximate surface area is 390 Å². The lowest BCUT2D eigenvalue weighted by atomic mass is 9.55. The topological polar surface area (TPSA) is 3.24 Å². The summed E-state index contributed by atoms with van der Waals surface area (Å²) < 4.78 is 2.56. The number of thiophene rings is 1. The number of fused-ring (bicyclic) bond motifs is 12. The molecule has 2 aliphatic rings. The van der Waals surface area contributed by atoms with Crippen LogP contribution in [-0.2, 0) is 10.8 Å². The summed E-state index contributed by atoms with van der Waals surface area (Å²) in [5.41, 5.74) is 20.7. The lowest BCUT2D eigenvalue weighted by Gasteiger charge is -2.46. The molecule has 0 radical (unpaired) electrons. The number of hydrogen-bond acceptors (Lipinski definition) is 2. The van der Waals surface area contributed by atoms with Crippen LogP contribution in [0.3, 0.4) is 0 Å². The second-order valence-corrected chi connectivity index (χ2v) is 19.4. The van der Waals surface area contributed by atoms with Gasteiger partial charge in [0.25, 0.3) is 0 Å². The number of para-hydroxylation sites is 1. The van der Waals surface area contributed by atoms with Gasteiger partial charge < -0.3 is 4.90 Å². The molecule has 0 bridgehead atoms. The molecule has 312 valence electrons. The van der Waals surface area contributed by atoms with E-state index in [1.165, 1.54) is 104 Å². The molecule has 0 saturated heterocycles. The zero-order valence-corrected chi connectivity index (χ0v) is 37.7. The number of hydrogen-bond donors (Lipinski definition) is 0. The Morgan fingerprint density at radius 1 is 0.333 bits per heavy atom. The van der Waals surface area contributed by atoms with Crippen LogP contribution >= 0.6 is 11.3 Å². The van der Waals surface area contributed by atoms with Crippen molar-refractivity contribution in [3.63, 3.8) is 0 Å². The maximum Gasteiger partial charge on any atom is 0.0719 e. The van der Waals surface area contributed by atoms with Crippen molar-refractivity contribution in [2.75, 3.05) is 4.90 Å². The summed E-state index contributed by atoms with van der Waals surface area (Å²) in [6.07, 6.45) is 0. The van der Waals surface area contributed by atoms with Gasteiger partial charge in [-0.2, -0.15) is 0 Å². The van der Waals surface area contributed by atoms with E-state index < -0.39 is 5.41 Å². The van der Waals surface area contributed by atoms with Crippen molar-refractivity contribution in [1.29, 1.82) is 0 Å². The number of anilines is 3. The SMILES string of the molecule is CC1(C)c2ccccc2C2(c3ccccc3-c3cc(N(c4ccccc4-c4ccccc4-c4ccccc4-c4ccccc4)c4cccc5c4sc4ccccc45)ccc32)c2ccccc21. The summed E-state index contributed by atoms with van der Waals surface area (Å²) >= 11 is 1.88. The summed E-state index contributed by atoms with van der Waals surface area (Å²) in [6, 6.07) is 88.3. The van der Waals surface area contributed by atoms with Crippen molar-refractivity contribution in [2.24, 2.45) is 0 Å².